The highest BCUT2D eigenvalue weighted by Gasteiger charge is 2.26. The Bertz CT molecular complexity index is 913. The normalized spacial score (nSPS) is 19.4. The zero-order valence-corrected chi connectivity index (χ0v) is 16.6. The Morgan fingerprint density at radius 3 is 2.93 bits per heavy atom. The van der Waals surface area contributed by atoms with Crippen molar-refractivity contribution in [2.75, 3.05) is 19.7 Å². The number of nitrogens with zero attached hydrogens (tertiary/aromatic N) is 4. The summed E-state index contributed by atoms with van der Waals surface area (Å²) >= 11 is 0. The number of aromatic nitrogens is 2. The first-order valence-electron chi connectivity index (χ1n) is 9.76. The fourth-order valence-electron chi connectivity index (χ4n) is 3.74. The number of hydrogen-bond donors (Lipinski definition) is 1. The molecule has 2 aliphatic rings. The molecule has 0 spiro atoms. The van der Waals surface area contributed by atoms with Gasteiger partial charge in [-0.1, -0.05) is 12.1 Å². The lowest BCUT2D eigenvalue weighted by atomic mass is 10.0. The summed E-state index contributed by atoms with van der Waals surface area (Å²) in [6.45, 7) is 8.70. The van der Waals surface area contributed by atoms with Crippen molar-refractivity contribution < 1.29 is 14.7 Å². The number of aryl methyl sites for hydroxylation is 2. The van der Waals surface area contributed by atoms with Crippen molar-refractivity contribution in [1.29, 1.82) is 0 Å². The van der Waals surface area contributed by atoms with Crippen molar-refractivity contribution >= 4 is 5.71 Å². The second-order valence-corrected chi connectivity index (χ2v) is 7.46. The molecule has 2 aliphatic heterocycles. The van der Waals surface area contributed by atoms with E-state index >= 15 is 0 Å². The fourth-order valence-corrected chi connectivity index (χ4v) is 3.74. The molecule has 1 N–H and O–H groups in total. The molecule has 0 bridgehead atoms. The molecule has 2 aromatic rings. The quantitative estimate of drug-likeness (QED) is 0.875. The van der Waals surface area contributed by atoms with Crippen LogP contribution >= 0.6 is 0 Å². The van der Waals surface area contributed by atoms with Crippen molar-refractivity contribution in [3.63, 3.8) is 0 Å². The lowest BCUT2D eigenvalue weighted by Gasteiger charge is -2.22. The van der Waals surface area contributed by atoms with Gasteiger partial charge in [-0.05, 0) is 32.4 Å². The number of hydrogen-bond acceptors (Lipinski definition) is 7. The van der Waals surface area contributed by atoms with E-state index in [9.17, 15) is 5.11 Å². The van der Waals surface area contributed by atoms with E-state index in [1.165, 1.54) is 0 Å². The van der Waals surface area contributed by atoms with Gasteiger partial charge >= 0.3 is 0 Å². The third-order valence-corrected chi connectivity index (χ3v) is 5.21. The summed E-state index contributed by atoms with van der Waals surface area (Å²) in [6, 6.07) is 3.76. The van der Waals surface area contributed by atoms with Gasteiger partial charge in [0.25, 0.3) is 0 Å². The molecular formula is C21H26N4O3. The van der Waals surface area contributed by atoms with Crippen LogP contribution in [0.2, 0.25) is 0 Å². The van der Waals surface area contributed by atoms with Gasteiger partial charge in [0, 0.05) is 43.4 Å². The van der Waals surface area contributed by atoms with Gasteiger partial charge in [0.05, 0.1) is 22.8 Å². The predicted molar refractivity (Wildman–Crippen MR) is 107 cm³/mol. The number of aromatic hydroxyl groups is 1. The van der Waals surface area contributed by atoms with Crippen LogP contribution in [0.4, 0.5) is 0 Å². The Morgan fingerprint density at radius 1 is 1.29 bits per heavy atom. The van der Waals surface area contributed by atoms with Crippen LogP contribution < -0.4 is 4.74 Å². The van der Waals surface area contributed by atoms with Crippen LogP contribution in [0.3, 0.4) is 0 Å². The zero-order valence-electron chi connectivity index (χ0n) is 16.6. The predicted octanol–water partition coefficient (Wildman–Crippen LogP) is 3.22. The molecule has 0 saturated heterocycles. The molecule has 28 heavy (non-hydrogen) atoms. The molecule has 1 unspecified atom stereocenters. The van der Waals surface area contributed by atoms with Crippen LogP contribution in [0.15, 0.2) is 23.5 Å². The maximum absolute atomic E-state index is 10.6. The van der Waals surface area contributed by atoms with E-state index in [0.717, 1.165) is 59.9 Å². The Morgan fingerprint density at radius 2 is 2.14 bits per heavy atom. The number of fused-ring (bicyclic) bond motifs is 1. The molecule has 148 valence electrons. The van der Waals surface area contributed by atoms with Gasteiger partial charge in [0.1, 0.15) is 12.7 Å². The molecule has 4 rings (SSSR count). The first-order valence-corrected chi connectivity index (χ1v) is 9.76. The van der Waals surface area contributed by atoms with Gasteiger partial charge < -0.3 is 14.7 Å². The van der Waals surface area contributed by atoms with E-state index < -0.39 is 0 Å². The molecule has 3 heterocycles. The highest BCUT2D eigenvalue weighted by atomic mass is 16.6. The van der Waals surface area contributed by atoms with E-state index in [0.29, 0.717) is 18.9 Å². The molecule has 7 nitrogen and oxygen atoms in total. The van der Waals surface area contributed by atoms with Crippen LogP contribution in [0.25, 0.3) is 11.3 Å². The first-order chi connectivity index (χ1) is 13.5. The fraction of sp³-hybridized carbons (Fsp3) is 0.476. The Hall–Kier alpha value is -2.67. The summed E-state index contributed by atoms with van der Waals surface area (Å²) in [5, 5.41) is 14.7. The van der Waals surface area contributed by atoms with Crippen LogP contribution in [-0.2, 0) is 11.4 Å². The highest BCUT2D eigenvalue weighted by Crippen LogP contribution is 2.37. The molecule has 0 aliphatic carbocycles. The summed E-state index contributed by atoms with van der Waals surface area (Å²) < 4.78 is 5.86. The molecule has 0 amide bonds. The van der Waals surface area contributed by atoms with Crippen LogP contribution in [0, 0.1) is 13.8 Å². The third-order valence-electron chi connectivity index (χ3n) is 5.21. The molecule has 1 atom stereocenters. The Labute approximate surface area is 165 Å². The van der Waals surface area contributed by atoms with Crippen molar-refractivity contribution in [3.8, 4) is 22.8 Å². The molecule has 1 aromatic carbocycles. The molecule has 0 fully saturated rings. The largest absolute Gasteiger partial charge is 0.504 e. The minimum atomic E-state index is 0.0816. The van der Waals surface area contributed by atoms with E-state index in [1.54, 1.807) is 12.3 Å². The third kappa shape index (κ3) is 3.80. The Kier molecular flexibility index (Phi) is 5.17. The van der Waals surface area contributed by atoms with E-state index in [-0.39, 0.29) is 11.9 Å². The summed E-state index contributed by atoms with van der Waals surface area (Å²) in [6.07, 6.45) is 3.64. The summed E-state index contributed by atoms with van der Waals surface area (Å²) in [7, 11) is 0. The average molecular weight is 382 g/mol. The van der Waals surface area contributed by atoms with Gasteiger partial charge in [-0.2, -0.15) is 0 Å². The monoisotopic (exact) mass is 382 g/mol. The number of phenolic OH excluding ortho intramolecular Hbond substituents is 1. The van der Waals surface area contributed by atoms with E-state index in [4.69, 9.17) is 9.57 Å². The van der Waals surface area contributed by atoms with E-state index in [2.05, 4.69) is 26.9 Å². The van der Waals surface area contributed by atoms with Gasteiger partial charge in [0.2, 0.25) is 0 Å². The van der Waals surface area contributed by atoms with Crippen LogP contribution in [-0.4, -0.2) is 51.5 Å². The van der Waals surface area contributed by atoms with Gasteiger partial charge in [-0.3, -0.25) is 9.88 Å². The van der Waals surface area contributed by atoms with Crippen molar-refractivity contribution in [2.45, 2.75) is 46.3 Å². The molecule has 7 heteroatoms. The molecule has 0 saturated carbocycles. The smallest absolute Gasteiger partial charge is 0.165 e. The average Bonchev–Trinajstić information content (AvgIpc) is 3.02. The molecular weight excluding hydrogens is 356 g/mol. The van der Waals surface area contributed by atoms with Gasteiger partial charge in [-0.15, -0.1) is 0 Å². The number of ether oxygens (including phenoxy) is 1. The minimum Gasteiger partial charge on any atom is -0.504 e. The van der Waals surface area contributed by atoms with Crippen molar-refractivity contribution in [3.05, 3.63) is 35.3 Å². The Balaban J connectivity index is 1.59. The maximum atomic E-state index is 10.6. The topological polar surface area (TPSA) is 80.1 Å². The second-order valence-electron chi connectivity index (χ2n) is 7.46. The van der Waals surface area contributed by atoms with Crippen molar-refractivity contribution in [1.82, 2.24) is 14.9 Å². The van der Waals surface area contributed by atoms with Gasteiger partial charge in [-0.25, -0.2) is 4.98 Å². The number of phenols is 1. The molecule has 0 radical (unpaired) electrons. The molecule has 1 aromatic heterocycles. The summed E-state index contributed by atoms with van der Waals surface area (Å²) in [5.41, 5.74) is 5.38. The number of benzene rings is 1. The number of rotatable bonds is 4. The van der Waals surface area contributed by atoms with Crippen LogP contribution in [0.5, 0.6) is 11.5 Å². The second kappa shape index (κ2) is 7.75. The first kappa shape index (κ1) is 18.7. The number of oxime groups is 1. The maximum Gasteiger partial charge on any atom is 0.165 e. The lowest BCUT2D eigenvalue weighted by Crippen LogP contribution is -2.33. The summed E-state index contributed by atoms with van der Waals surface area (Å²) in [4.78, 5) is 16.9. The van der Waals surface area contributed by atoms with Crippen molar-refractivity contribution in [2.24, 2.45) is 5.16 Å². The highest BCUT2D eigenvalue weighted by molar-refractivity contribution is 5.85. The lowest BCUT2D eigenvalue weighted by molar-refractivity contribution is 0.0489. The van der Waals surface area contributed by atoms with Gasteiger partial charge in [0.15, 0.2) is 11.5 Å². The standard InChI is InChI=1S/C21H26N4O3/c1-4-17-9-18(28-24-17)12-25-5-6-27-21-16(11-25)7-15(8-19(21)26)20-14(3)22-10-13(2)23-20/h7-8,10,18,26H,4-6,9,11-12H2,1-3H3. The minimum absolute atomic E-state index is 0.0816. The SMILES string of the molecule is CCC1=NOC(CN2CCOc3c(O)cc(-c4nc(C)cnc4C)cc3C2)C1. The van der Waals surface area contributed by atoms with Crippen LogP contribution in [0.1, 0.15) is 36.7 Å². The summed E-state index contributed by atoms with van der Waals surface area (Å²) in [5.74, 6) is 0.702. The van der Waals surface area contributed by atoms with E-state index in [1.807, 2.05) is 19.9 Å². The zero-order chi connectivity index (χ0) is 19.7.